The molecule has 1 unspecified atom stereocenters. The average Bonchev–Trinajstić information content (AvgIpc) is 2.86. The van der Waals surface area contributed by atoms with Gasteiger partial charge in [0.15, 0.2) is 5.41 Å². The highest BCUT2D eigenvalue weighted by Crippen LogP contribution is 2.43. The summed E-state index contributed by atoms with van der Waals surface area (Å²) in [5.41, 5.74) is -4.46. The summed E-state index contributed by atoms with van der Waals surface area (Å²) in [6.45, 7) is -3.13. The van der Waals surface area contributed by atoms with Crippen LogP contribution in [-0.4, -0.2) is 65.9 Å². The lowest BCUT2D eigenvalue weighted by Crippen LogP contribution is -2.63. The minimum Gasteiger partial charge on any atom is -0.394 e. The smallest absolute Gasteiger partial charge is 0.394 e. The van der Waals surface area contributed by atoms with Crippen molar-refractivity contribution >= 4 is 5.91 Å². The summed E-state index contributed by atoms with van der Waals surface area (Å²) in [6.07, 6.45) is -5.19. The minimum atomic E-state index is -4.76. The topological polar surface area (TPSA) is 102 Å². The second-order valence-corrected chi connectivity index (χ2v) is 4.72. The van der Waals surface area contributed by atoms with Crippen molar-refractivity contribution in [2.75, 3.05) is 32.9 Å². The van der Waals surface area contributed by atoms with Crippen molar-refractivity contribution in [3.63, 3.8) is 0 Å². The van der Waals surface area contributed by atoms with Gasteiger partial charge in [-0.05, 0) is 13.0 Å². The molecule has 0 spiro atoms. The molecule has 0 radical (unpaired) electrons. The number of carbonyl (C=O) groups is 1. The van der Waals surface area contributed by atoms with Crippen LogP contribution in [0.15, 0.2) is 0 Å². The molecular formula is C10H17F3N2O4. The van der Waals surface area contributed by atoms with Crippen LogP contribution in [0.3, 0.4) is 0 Å². The number of halogens is 3. The van der Waals surface area contributed by atoms with Crippen molar-refractivity contribution in [3.8, 4) is 0 Å². The second-order valence-electron chi connectivity index (χ2n) is 4.72. The van der Waals surface area contributed by atoms with Crippen LogP contribution in [0.1, 0.15) is 6.42 Å². The Morgan fingerprint density at radius 2 is 1.74 bits per heavy atom. The fourth-order valence-corrected chi connectivity index (χ4v) is 1.89. The molecule has 0 aromatic carbocycles. The van der Waals surface area contributed by atoms with E-state index in [9.17, 15) is 18.0 Å². The minimum absolute atomic E-state index is 0.0390. The largest absolute Gasteiger partial charge is 0.404 e. The summed E-state index contributed by atoms with van der Waals surface area (Å²) >= 11 is 0. The molecule has 9 heteroatoms. The average molecular weight is 286 g/mol. The molecule has 5 N–H and O–H groups in total. The molecule has 19 heavy (non-hydrogen) atoms. The van der Waals surface area contributed by atoms with E-state index in [2.05, 4.69) is 5.32 Å². The van der Waals surface area contributed by atoms with Gasteiger partial charge in [-0.2, -0.15) is 13.2 Å². The maximum absolute atomic E-state index is 13.1. The van der Waals surface area contributed by atoms with Crippen LogP contribution in [0.5, 0.6) is 0 Å². The van der Waals surface area contributed by atoms with Gasteiger partial charge in [0.25, 0.3) is 0 Å². The number of hydrogen-bond acceptors (Lipinski definition) is 5. The van der Waals surface area contributed by atoms with E-state index in [0.717, 1.165) is 0 Å². The lowest BCUT2D eigenvalue weighted by molar-refractivity contribution is -0.217. The van der Waals surface area contributed by atoms with E-state index in [1.54, 1.807) is 0 Å². The molecule has 1 aliphatic heterocycles. The van der Waals surface area contributed by atoms with Crippen molar-refractivity contribution in [1.82, 2.24) is 10.6 Å². The number of aliphatic hydroxyl groups excluding tert-OH is 3. The summed E-state index contributed by atoms with van der Waals surface area (Å²) in [5, 5.41) is 31.5. The standard InChI is InChI=1S/C10H17F3N2O4/c11-10(12,13)9(1-2-14-3-9)7(19)15-8(4-16,5-17)6-18/h14,16-18H,1-6H2,(H,15,19). The highest BCUT2D eigenvalue weighted by Gasteiger charge is 2.62. The number of rotatable bonds is 5. The van der Waals surface area contributed by atoms with Crippen LogP contribution in [-0.2, 0) is 4.79 Å². The molecule has 1 amide bonds. The predicted octanol–water partition coefficient (Wildman–Crippen LogP) is -1.64. The Kier molecular flexibility index (Phi) is 4.77. The molecule has 0 aliphatic carbocycles. The van der Waals surface area contributed by atoms with Crippen LogP contribution in [0, 0.1) is 5.41 Å². The Balaban J connectivity index is 2.97. The van der Waals surface area contributed by atoms with Gasteiger partial charge in [0.2, 0.25) is 5.91 Å². The summed E-state index contributed by atoms with van der Waals surface area (Å²) in [5.74, 6) is -1.36. The van der Waals surface area contributed by atoms with Gasteiger partial charge >= 0.3 is 6.18 Å². The number of nitrogens with one attached hydrogen (secondary N) is 2. The first-order chi connectivity index (χ1) is 8.77. The quantitative estimate of drug-likeness (QED) is 0.417. The highest BCUT2D eigenvalue weighted by atomic mass is 19.4. The van der Waals surface area contributed by atoms with E-state index < -0.39 is 55.8 Å². The predicted molar refractivity (Wildman–Crippen MR) is 58.1 cm³/mol. The molecule has 1 aliphatic rings. The van der Waals surface area contributed by atoms with Crippen molar-refractivity contribution < 1.29 is 33.3 Å². The molecule has 112 valence electrons. The Hall–Kier alpha value is -0.900. The molecule has 0 aromatic rings. The Bertz CT molecular complexity index is 317. The molecule has 1 heterocycles. The lowest BCUT2D eigenvalue weighted by atomic mass is 9.84. The van der Waals surface area contributed by atoms with Gasteiger partial charge in [-0.3, -0.25) is 4.79 Å². The van der Waals surface area contributed by atoms with E-state index in [1.807, 2.05) is 5.32 Å². The van der Waals surface area contributed by atoms with Crippen molar-refractivity contribution in [2.45, 2.75) is 18.1 Å². The van der Waals surface area contributed by atoms with Gasteiger partial charge in [0.05, 0.1) is 19.8 Å². The molecule has 0 saturated carbocycles. The Labute approximate surface area is 107 Å². The third kappa shape index (κ3) is 2.83. The van der Waals surface area contributed by atoms with Crippen LogP contribution >= 0.6 is 0 Å². The van der Waals surface area contributed by atoms with Crippen molar-refractivity contribution in [3.05, 3.63) is 0 Å². The van der Waals surface area contributed by atoms with E-state index in [-0.39, 0.29) is 6.54 Å². The lowest BCUT2D eigenvalue weighted by Gasteiger charge is -2.35. The first-order valence-corrected chi connectivity index (χ1v) is 5.69. The maximum Gasteiger partial charge on any atom is 0.404 e. The molecule has 0 aromatic heterocycles. The zero-order chi connectivity index (χ0) is 14.7. The third-order valence-corrected chi connectivity index (χ3v) is 3.42. The maximum atomic E-state index is 13.1. The number of carbonyl (C=O) groups excluding carboxylic acids is 1. The first-order valence-electron chi connectivity index (χ1n) is 5.69. The normalized spacial score (nSPS) is 24.5. The Morgan fingerprint density at radius 1 is 1.21 bits per heavy atom. The van der Waals surface area contributed by atoms with E-state index in [0.29, 0.717) is 0 Å². The van der Waals surface area contributed by atoms with Gasteiger partial charge in [-0.25, -0.2) is 0 Å². The molecule has 1 atom stereocenters. The summed E-state index contributed by atoms with van der Waals surface area (Å²) in [4.78, 5) is 11.9. The van der Waals surface area contributed by atoms with Gasteiger partial charge in [0.1, 0.15) is 5.54 Å². The van der Waals surface area contributed by atoms with Crippen LogP contribution in [0.2, 0.25) is 0 Å². The zero-order valence-electron chi connectivity index (χ0n) is 10.1. The molecular weight excluding hydrogens is 269 g/mol. The fraction of sp³-hybridized carbons (Fsp3) is 0.900. The summed E-state index contributed by atoms with van der Waals surface area (Å²) in [7, 11) is 0. The van der Waals surface area contributed by atoms with Crippen LogP contribution in [0.25, 0.3) is 0 Å². The highest BCUT2D eigenvalue weighted by molar-refractivity contribution is 5.85. The van der Waals surface area contributed by atoms with E-state index in [1.165, 1.54) is 0 Å². The summed E-state index contributed by atoms with van der Waals surface area (Å²) < 4.78 is 39.2. The van der Waals surface area contributed by atoms with Crippen LogP contribution < -0.4 is 10.6 Å². The number of hydrogen-bond donors (Lipinski definition) is 5. The monoisotopic (exact) mass is 286 g/mol. The second kappa shape index (κ2) is 5.61. The molecule has 6 nitrogen and oxygen atoms in total. The fourth-order valence-electron chi connectivity index (χ4n) is 1.89. The zero-order valence-corrected chi connectivity index (χ0v) is 10.1. The van der Waals surface area contributed by atoms with E-state index in [4.69, 9.17) is 15.3 Å². The molecule has 0 bridgehead atoms. The first kappa shape index (κ1) is 16.2. The molecule has 1 rings (SSSR count). The third-order valence-electron chi connectivity index (χ3n) is 3.42. The van der Waals surface area contributed by atoms with Gasteiger partial charge in [-0.1, -0.05) is 0 Å². The number of aliphatic hydroxyl groups is 3. The van der Waals surface area contributed by atoms with Crippen molar-refractivity contribution in [1.29, 1.82) is 0 Å². The van der Waals surface area contributed by atoms with Gasteiger partial charge in [-0.15, -0.1) is 0 Å². The Morgan fingerprint density at radius 3 is 2.05 bits per heavy atom. The van der Waals surface area contributed by atoms with Gasteiger partial charge in [0, 0.05) is 6.54 Å². The SMILES string of the molecule is O=C(NC(CO)(CO)CO)C1(C(F)(F)F)CCNC1. The van der Waals surface area contributed by atoms with Crippen LogP contribution in [0.4, 0.5) is 13.2 Å². The van der Waals surface area contributed by atoms with E-state index >= 15 is 0 Å². The summed E-state index contributed by atoms with van der Waals surface area (Å²) in [6, 6.07) is 0. The number of amides is 1. The molecule has 1 saturated heterocycles. The molecule has 1 fully saturated rings. The van der Waals surface area contributed by atoms with Gasteiger partial charge < -0.3 is 26.0 Å². The number of alkyl halides is 3. The van der Waals surface area contributed by atoms with Crippen molar-refractivity contribution in [2.24, 2.45) is 5.41 Å².